The van der Waals surface area contributed by atoms with E-state index in [9.17, 15) is 18.0 Å². The van der Waals surface area contributed by atoms with Crippen molar-refractivity contribution in [2.24, 2.45) is 5.92 Å². The second-order valence-corrected chi connectivity index (χ2v) is 10.2. The van der Waals surface area contributed by atoms with E-state index in [4.69, 9.17) is 16.3 Å². The molecule has 1 aromatic carbocycles. The Labute approximate surface area is 170 Å². The number of carbonyl (C=O) groups is 2. The molecule has 2 aliphatic heterocycles. The minimum absolute atomic E-state index is 0.0505. The van der Waals surface area contributed by atoms with Crippen LogP contribution in [0.1, 0.15) is 37.0 Å². The molecule has 0 bridgehead atoms. The molecule has 0 aliphatic carbocycles. The fourth-order valence-corrected chi connectivity index (χ4v) is 4.77. The zero-order valence-electron chi connectivity index (χ0n) is 16.2. The average Bonchev–Trinajstić information content (AvgIpc) is 3.02. The maximum atomic E-state index is 12.8. The Morgan fingerprint density at radius 2 is 1.89 bits per heavy atom. The third-order valence-electron chi connectivity index (χ3n) is 5.46. The Balaban J connectivity index is 1.68. The summed E-state index contributed by atoms with van der Waals surface area (Å²) in [6.45, 7) is 5.56. The van der Waals surface area contributed by atoms with Crippen molar-refractivity contribution in [3.8, 4) is 0 Å². The molecule has 1 unspecified atom stereocenters. The molecule has 3 rings (SSSR count). The van der Waals surface area contributed by atoms with Crippen LogP contribution in [0.25, 0.3) is 0 Å². The van der Waals surface area contributed by atoms with Gasteiger partial charge >= 0.3 is 6.09 Å². The molecule has 2 amide bonds. The van der Waals surface area contributed by atoms with Gasteiger partial charge in [0.2, 0.25) is 0 Å². The van der Waals surface area contributed by atoms with Gasteiger partial charge in [0.05, 0.1) is 21.5 Å². The monoisotopic (exact) mass is 428 g/mol. The van der Waals surface area contributed by atoms with Crippen molar-refractivity contribution < 1.29 is 22.7 Å². The second-order valence-electron chi connectivity index (χ2n) is 7.73. The van der Waals surface area contributed by atoms with Crippen LogP contribution in [-0.4, -0.2) is 68.3 Å². The second kappa shape index (κ2) is 7.91. The molecule has 28 heavy (non-hydrogen) atoms. The van der Waals surface area contributed by atoms with E-state index < -0.39 is 9.84 Å². The van der Waals surface area contributed by atoms with Crippen LogP contribution in [0.5, 0.6) is 0 Å². The number of halogens is 1. The fraction of sp³-hybridized carbons (Fsp3) is 0.579. The molecule has 1 aromatic rings. The largest absolute Gasteiger partial charge is 0.447 e. The molecule has 0 saturated carbocycles. The number of hydrogen-bond acceptors (Lipinski definition) is 5. The Bertz CT molecular complexity index is 878. The number of nitrogens with zero attached hydrogens (tertiary/aromatic N) is 2. The Hall–Kier alpha value is -1.80. The SMILES string of the molecule is CC(C)C1COC(=O)N1C1CCN(C(=O)c2ccc(S(C)(=O)=O)cc2Cl)CC1. The third kappa shape index (κ3) is 4.12. The Kier molecular flexibility index (Phi) is 5.91. The van der Waals surface area contributed by atoms with Gasteiger partial charge in [0.15, 0.2) is 9.84 Å². The molecular weight excluding hydrogens is 404 g/mol. The van der Waals surface area contributed by atoms with Crippen molar-refractivity contribution in [3.05, 3.63) is 28.8 Å². The molecule has 154 valence electrons. The number of rotatable bonds is 4. The molecule has 0 radical (unpaired) electrons. The Morgan fingerprint density at radius 1 is 1.25 bits per heavy atom. The summed E-state index contributed by atoms with van der Waals surface area (Å²) in [5.41, 5.74) is 0.285. The zero-order valence-corrected chi connectivity index (χ0v) is 17.8. The minimum Gasteiger partial charge on any atom is -0.447 e. The van der Waals surface area contributed by atoms with Gasteiger partial charge in [0.1, 0.15) is 6.61 Å². The van der Waals surface area contributed by atoms with Gasteiger partial charge < -0.3 is 9.64 Å². The first-order valence-corrected chi connectivity index (χ1v) is 11.6. The first-order valence-electron chi connectivity index (χ1n) is 9.33. The maximum absolute atomic E-state index is 12.8. The number of cyclic esters (lactones) is 1. The Morgan fingerprint density at radius 3 is 2.43 bits per heavy atom. The lowest BCUT2D eigenvalue weighted by atomic mass is 9.97. The summed E-state index contributed by atoms with van der Waals surface area (Å²) in [4.78, 5) is 28.6. The van der Waals surface area contributed by atoms with Crippen LogP contribution >= 0.6 is 11.6 Å². The van der Waals surface area contributed by atoms with Crippen molar-refractivity contribution in [1.82, 2.24) is 9.80 Å². The first-order chi connectivity index (χ1) is 13.1. The number of sulfone groups is 1. The van der Waals surface area contributed by atoms with E-state index in [0.29, 0.717) is 38.5 Å². The molecule has 0 spiro atoms. The highest BCUT2D eigenvalue weighted by Gasteiger charge is 2.41. The van der Waals surface area contributed by atoms with Crippen LogP contribution < -0.4 is 0 Å². The van der Waals surface area contributed by atoms with Crippen molar-refractivity contribution in [1.29, 1.82) is 0 Å². The molecule has 0 N–H and O–H groups in total. The smallest absolute Gasteiger partial charge is 0.410 e. The predicted molar refractivity (Wildman–Crippen MR) is 105 cm³/mol. The van der Waals surface area contributed by atoms with Gasteiger partial charge in [-0.25, -0.2) is 13.2 Å². The lowest BCUT2D eigenvalue weighted by Crippen LogP contribution is -2.51. The summed E-state index contributed by atoms with van der Waals surface area (Å²) in [6, 6.07) is 4.28. The van der Waals surface area contributed by atoms with Gasteiger partial charge in [-0.2, -0.15) is 0 Å². The van der Waals surface area contributed by atoms with Crippen LogP contribution in [0.4, 0.5) is 4.79 Å². The summed E-state index contributed by atoms with van der Waals surface area (Å²) < 4.78 is 28.5. The van der Waals surface area contributed by atoms with E-state index in [1.165, 1.54) is 18.2 Å². The summed E-state index contributed by atoms with van der Waals surface area (Å²) in [7, 11) is -3.39. The lowest BCUT2D eigenvalue weighted by Gasteiger charge is -2.38. The number of carbonyl (C=O) groups excluding carboxylic acids is 2. The number of benzene rings is 1. The highest BCUT2D eigenvalue weighted by Crippen LogP contribution is 2.29. The van der Waals surface area contributed by atoms with Gasteiger partial charge in [-0.3, -0.25) is 9.69 Å². The first kappa shape index (κ1) is 20.9. The molecule has 2 fully saturated rings. The molecule has 2 saturated heterocycles. The van der Waals surface area contributed by atoms with E-state index in [-0.39, 0.29) is 39.6 Å². The highest BCUT2D eigenvalue weighted by molar-refractivity contribution is 7.90. The van der Waals surface area contributed by atoms with Crippen LogP contribution in [0.3, 0.4) is 0 Å². The normalized spacial score (nSPS) is 21.3. The summed E-state index contributed by atoms with van der Waals surface area (Å²) in [5.74, 6) is 0.0752. The fourth-order valence-electron chi connectivity index (χ4n) is 3.80. The highest BCUT2D eigenvalue weighted by atomic mass is 35.5. The molecule has 1 atom stereocenters. The van der Waals surface area contributed by atoms with Crippen molar-refractivity contribution in [2.75, 3.05) is 26.0 Å². The quantitative estimate of drug-likeness (QED) is 0.736. The maximum Gasteiger partial charge on any atom is 0.410 e. The number of likely N-dealkylation sites (tertiary alicyclic amines) is 1. The molecule has 0 aromatic heterocycles. The van der Waals surface area contributed by atoms with Crippen molar-refractivity contribution >= 4 is 33.4 Å². The van der Waals surface area contributed by atoms with E-state index in [2.05, 4.69) is 13.8 Å². The standard InChI is InChI=1S/C19H25ClN2O5S/c1-12(2)17-11-27-19(24)22(17)13-6-8-21(9-7-13)18(23)15-5-4-14(10-16(15)20)28(3,25)26/h4-5,10,12-13,17H,6-9,11H2,1-3H3. The lowest BCUT2D eigenvalue weighted by molar-refractivity contribution is 0.0620. The van der Waals surface area contributed by atoms with E-state index in [1.54, 1.807) is 4.90 Å². The van der Waals surface area contributed by atoms with Crippen LogP contribution in [0, 0.1) is 5.92 Å². The van der Waals surface area contributed by atoms with Crippen LogP contribution in [0.15, 0.2) is 23.1 Å². The topological polar surface area (TPSA) is 84.0 Å². The number of amides is 2. The van der Waals surface area contributed by atoms with E-state index in [0.717, 1.165) is 6.26 Å². The van der Waals surface area contributed by atoms with Gasteiger partial charge in [-0.05, 0) is 37.0 Å². The molecule has 2 aliphatic rings. The summed E-state index contributed by atoms with van der Waals surface area (Å²) >= 11 is 6.17. The minimum atomic E-state index is -3.39. The van der Waals surface area contributed by atoms with Crippen LogP contribution in [-0.2, 0) is 14.6 Å². The number of hydrogen-bond donors (Lipinski definition) is 0. The predicted octanol–water partition coefficient (Wildman–Crippen LogP) is 2.82. The third-order valence-corrected chi connectivity index (χ3v) is 6.88. The van der Waals surface area contributed by atoms with Gasteiger partial charge in [0.25, 0.3) is 5.91 Å². The zero-order chi connectivity index (χ0) is 20.6. The van der Waals surface area contributed by atoms with Crippen LogP contribution in [0.2, 0.25) is 5.02 Å². The van der Waals surface area contributed by atoms with E-state index >= 15 is 0 Å². The van der Waals surface area contributed by atoms with Gasteiger partial charge in [-0.1, -0.05) is 25.4 Å². The van der Waals surface area contributed by atoms with Gasteiger partial charge in [0, 0.05) is 25.4 Å². The van der Waals surface area contributed by atoms with Gasteiger partial charge in [-0.15, -0.1) is 0 Å². The average molecular weight is 429 g/mol. The number of ether oxygens (including phenoxy) is 1. The van der Waals surface area contributed by atoms with E-state index in [1.807, 2.05) is 4.90 Å². The number of piperidine rings is 1. The molecule has 7 nitrogen and oxygen atoms in total. The molecule has 2 heterocycles. The summed E-state index contributed by atoms with van der Waals surface area (Å²) in [5, 5.41) is 0.123. The van der Waals surface area contributed by atoms with Crippen molar-refractivity contribution in [3.63, 3.8) is 0 Å². The molecule has 9 heteroatoms. The van der Waals surface area contributed by atoms with Crippen molar-refractivity contribution in [2.45, 2.75) is 43.7 Å². The molecular formula is C19H25ClN2O5S. The summed E-state index contributed by atoms with van der Waals surface area (Å²) in [6.07, 6.45) is 2.16.